The number of aryl methyl sites for hydroxylation is 1. The van der Waals surface area contributed by atoms with Crippen LogP contribution in [0.25, 0.3) is 32.8 Å². The number of nitrogens with one attached hydrogen (secondary N) is 2. The molecule has 2 N–H and O–H groups in total. The summed E-state index contributed by atoms with van der Waals surface area (Å²) < 4.78 is 0.807. The fraction of sp³-hybridized carbons (Fsp3) is 0.0476. The summed E-state index contributed by atoms with van der Waals surface area (Å²) in [6.07, 6.45) is 1.40. The maximum Gasteiger partial charge on any atom is 0.350 e. The number of nitrogens with zero attached hydrogens (tertiary/aromatic N) is 3. The zero-order chi connectivity index (χ0) is 19.3. The number of H-pyrrole nitrogens is 2. The Hall–Kier alpha value is -4.00. The highest BCUT2D eigenvalue weighted by atomic mass is 16.2. The lowest BCUT2D eigenvalue weighted by Gasteiger charge is -1.99. The lowest BCUT2D eigenvalue weighted by Crippen LogP contribution is -2.32. The Morgan fingerprint density at radius 1 is 1.00 bits per heavy atom. The summed E-state index contributed by atoms with van der Waals surface area (Å²) in [5.74, 6) is 0. The average molecular weight is 369 g/mol. The molecule has 0 unspecified atom stereocenters. The summed E-state index contributed by atoms with van der Waals surface area (Å²) in [5, 5.41) is 5.88. The third-order valence-corrected chi connectivity index (χ3v) is 4.71. The molecule has 0 fully saturated rings. The quantitative estimate of drug-likeness (QED) is 0.468. The van der Waals surface area contributed by atoms with Gasteiger partial charge in [0, 0.05) is 16.3 Å². The first-order chi connectivity index (χ1) is 13.6. The van der Waals surface area contributed by atoms with Gasteiger partial charge in [-0.1, -0.05) is 35.9 Å². The minimum atomic E-state index is -0.600. The van der Waals surface area contributed by atoms with Crippen molar-refractivity contribution in [1.82, 2.24) is 19.6 Å². The molecule has 0 aliphatic carbocycles. The predicted molar refractivity (Wildman–Crippen MR) is 110 cm³/mol. The Morgan fingerprint density at radius 3 is 2.75 bits per heavy atom. The van der Waals surface area contributed by atoms with Gasteiger partial charge in [0.2, 0.25) is 0 Å². The number of hydrogen-bond acceptors (Lipinski definition) is 4. The second-order valence-corrected chi connectivity index (χ2v) is 6.64. The van der Waals surface area contributed by atoms with Crippen LogP contribution in [0.2, 0.25) is 0 Å². The van der Waals surface area contributed by atoms with E-state index in [9.17, 15) is 9.59 Å². The molecule has 0 aliphatic rings. The van der Waals surface area contributed by atoms with Gasteiger partial charge in [-0.05, 0) is 31.2 Å². The highest BCUT2D eigenvalue weighted by Crippen LogP contribution is 2.21. The van der Waals surface area contributed by atoms with Crippen molar-refractivity contribution in [2.75, 3.05) is 0 Å². The Balaban J connectivity index is 1.65. The van der Waals surface area contributed by atoms with E-state index in [0.29, 0.717) is 16.7 Å². The van der Waals surface area contributed by atoms with Crippen molar-refractivity contribution in [3.63, 3.8) is 0 Å². The molecule has 5 aromatic rings. The molecule has 0 atom stereocenters. The zero-order valence-corrected chi connectivity index (χ0v) is 14.9. The number of para-hydroxylation sites is 1. The van der Waals surface area contributed by atoms with Crippen LogP contribution in [0, 0.1) is 6.92 Å². The van der Waals surface area contributed by atoms with Gasteiger partial charge in [0.15, 0.2) is 0 Å². The van der Waals surface area contributed by atoms with Crippen LogP contribution in [-0.2, 0) is 0 Å². The first-order valence-corrected chi connectivity index (χ1v) is 8.78. The molecule has 3 heterocycles. The molecule has 3 aromatic heterocycles. The standard InChI is InChI=1S/C21H15N5O2/c1-12-6-9-17-15(10-12)18-19(24-17)20(27)26(21(28)25-18)22-11-14-8-7-13-4-2-3-5-16(13)23-14/h2-11,24H,1H3,(H,25,28)/b22-11-. The molecule has 0 spiro atoms. The third-order valence-electron chi connectivity index (χ3n) is 4.71. The van der Waals surface area contributed by atoms with Crippen LogP contribution >= 0.6 is 0 Å². The van der Waals surface area contributed by atoms with E-state index in [2.05, 4.69) is 20.1 Å². The Bertz CT molecular complexity index is 1520. The molecule has 7 heteroatoms. The van der Waals surface area contributed by atoms with Crippen molar-refractivity contribution in [2.24, 2.45) is 5.10 Å². The second kappa shape index (κ2) is 6.02. The van der Waals surface area contributed by atoms with Crippen molar-refractivity contribution in [2.45, 2.75) is 6.92 Å². The van der Waals surface area contributed by atoms with Crippen LogP contribution in [0.3, 0.4) is 0 Å². The molecule has 0 aliphatic heterocycles. The van der Waals surface area contributed by atoms with Gasteiger partial charge in [-0.15, -0.1) is 4.68 Å². The minimum Gasteiger partial charge on any atom is -0.349 e. The van der Waals surface area contributed by atoms with E-state index in [4.69, 9.17) is 0 Å². The van der Waals surface area contributed by atoms with Gasteiger partial charge < -0.3 is 9.97 Å². The summed E-state index contributed by atoms with van der Waals surface area (Å²) in [6.45, 7) is 1.96. The van der Waals surface area contributed by atoms with E-state index in [0.717, 1.165) is 32.0 Å². The molecule has 0 amide bonds. The van der Waals surface area contributed by atoms with Gasteiger partial charge >= 0.3 is 11.2 Å². The maximum absolute atomic E-state index is 12.8. The van der Waals surface area contributed by atoms with Crippen LogP contribution < -0.4 is 11.2 Å². The van der Waals surface area contributed by atoms with Gasteiger partial charge in [0.1, 0.15) is 5.52 Å². The molecular weight excluding hydrogens is 354 g/mol. The van der Waals surface area contributed by atoms with Crippen LogP contribution in [0.1, 0.15) is 11.3 Å². The van der Waals surface area contributed by atoms with Crippen molar-refractivity contribution < 1.29 is 0 Å². The topological polar surface area (TPSA) is 95.9 Å². The van der Waals surface area contributed by atoms with E-state index in [1.807, 2.05) is 55.5 Å². The molecular formula is C21H15N5O2. The van der Waals surface area contributed by atoms with Gasteiger partial charge in [-0.2, -0.15) is 5.10 Å². The summed E-state index contributed by atoms with van der Waals surface area (Å²) >= 11 is 0. The first kappa shape index (κ1) is 16.2. The SMILES string of the molecule is Cc1ccc2[nH]c3c(=O)n(/N=C\c4ccc5ccccc5n4)c(=O)[nH]c3c2c1. The molecule has 2 aromatic carbocycles. The van der Waals surface area contributed by atoms with Crippen LogP contribution in [0.5, 0.6) is 0 Å². The number of hydrogen-bond donors (Lipinski definition) is 2. The van der Waals surface area contributed by atoms with Gasteiger partial charge in [-0.3, -0.25) is 4.79 Å². The van der Waals surface area contributed by atoms with E-state index in [-0.39, 0.29) is 0 Å². The van der Waals surface area contributed by atoms with Crippen molar-refractivity contribution in [3.8, 4) is 0 Å². The lowest BCUT2D eigenvalue weighted by atomic mass is 10.2. The predicted octanol–water partition coefficient (Wildman–Crippen LogP) is 2.91. The van der Waals surface area contributed by atoms with Crippen molar-refractivity contribution in [3.05, 3.63) is 86.7 Å². The molecule has 5 rings (SSSR count). The third kappa shape index (κ3) is 2.52. The summed E-state index contributed by atoms with van der Waals surface area (Å²) in [5.41, 5.74) is 2.88. The summed E-state index contributed by atoms with van der Waals surface area (Å²) in [7, 11) is 0. The largest absolute Gasteiger partial charge is 0.350 e. The smallest absolute Gasteiger partial charge is 0.349 e. The number of benzene rings is 2. The molecule has 0 saturated heterocycles. The first-order valence-electron chi connectivity index (χ1n) is 8.78. The second-order valence-electron chi connectivity index (χ2n) is 6.64. The normalized spacial score (nSPS) is 11.9. The number of rotatable bonds is 2. The fourth-order valence-electron chi connectivity index (χ4n) is 3.33. The molecule has 28 heavy (non-hydrogen) atoms. The van der Waals surface area contributed by atoms with Gasteiger partial charge in [0.25, 0.3) is 0 Å². The Labute approximate surface area is 158 Å². The van der Waals surface area contributed by atoms with Gasteiger partial charge in [0.05, 0.1) is 22.9 Å². The lowest BCUT2D eigenvalue weighted by molar-refractivity contribution is 0.770. The monoisotopic (exact) mass is 369 g/mol. The van der Waals surface area contributed by atoms with Crippen molar-refractivity contribution >= 4 is 39.1 Å². The average Bonchev–Trinajstić information content (AvgIpc) is 3.05. The van der Waals surface area contributed by atoms with Crippen molar-refractivity contribution in [1.29, 1.82) is 0 Å². The van der Waals surface area contributed by atoms with E-state index >= 15 is 0 Å². The molecule has 0 bridgehead atoms. The molecule has 0 radical (unpaired) electrons. The number of fused-ring (bicyclic) bond motifs is 4. The van der Waals surface area contributed by atoms with E-state index in [1.165, 1.54) is 6.21 Å². The minimum absolute atomic E-state index is 0.309. The molecule has 0 saturated carbocycles. The Kier molecular flexibility index (Phi) is 3.48. The number of aromatic nitrogens is 4. The summed E-state index contributed by atoms with van der Waals surface area (Å²) in [4.78, 5) is 35.6. The maximum atomic E-state index is 12.8. The highest BCUT2D eigenvalue weighted by Gasteiger charge is 2.12. The zero-order valence-electron chi connectivity index (χ0n) is 14.9. The molecule has 7 nitrogen and oxygen atoms in total. The number of pyridine rings is 1. The van der Waals surface area contributed by atoms with E-state index in [1.54, 1.807) is 6.07 Å². The number of aromatic amines is 2. The fourth-order valence-corrected chi connectivity index (χ4v) is 3.33. The van der Waals surface area contributed by atoms with Crippen LogP contribution in [0.4, 0.5) is 0 Å². The Morgan fingerprint density at radius 2 is 1.86 bits per heavy atom. The summed E-state index contributed by atoms with van der Waals surface area (Å²) in [6, 6.07) is 17.2. The van der Waals surface area contributed by atoms with Gasteiger partial charge in [-0.25, -0.2) is 9.78 Å². The van der Waals surface area contributed by atoms with E-state index < -0.39 is 11.2 Å². The van der Waals surface area contributed by atoms with Crippen LogP contribution in [0.15, 0.2) is 69.3 Å². The van der Waals surface area contributed by atoms with Crippen LogP contribution in [-0.4, -0.2) is 25.8 Å². The molecule has 136 valence electrons. The highest BCUT2D eigenvalue weighted by molar-refractivity contribution is 6.04.